The van der Waals surface area contributed by atoms with E-state index in [0.717, 1.165) is 27.7 Å². The van der Waals surface area contributed by atoms with Gasteiger partial charge >= 0.3 is 0 Å². The van der Waals surface area contributed by atoms with Crippen molar-refractivity contribution in [3.8, 4) is 5.75 Å². The molecule has 0 N–H and O–H groups in total. The molecule has 1 heterocycles. The van der Waals surface area contributed by atoms with Gasteiger partial charge in [0.05, 0.1) is 7.11 Å². The fourth-order valence-electron chi connectivity index (χ4n) is 6.13. The molecule has 192 valence electrons. The van der Waals surface area contributed by atoms with Gasteiger partial charge in [-0.2, -0.15) is 0 Å². The SMILES string of the molecule is COc1cc2ccc(Br)cc2cc1C(c1ccccc1C)C1(c2cccc3ccccc23)OC1CN(C)C. The normalized spacial score (nSPS) is 19.7. The molecular formula is C34H32BrNO2. The first kappa shape index (κ1) is 25.1. The van der Waals surface area contributed by atoms with Crippen LogP contribution in [0.1, 0.15) is 28.2 Å². The van der Waals surface area contributed by atoms with Gasteiger partial charge in [-0.25, -0.2) is 0 Å². The highest BCUT2D eigenvalue weighted by Crippen LogP contribution is 2.61. The summed E-state index contributed by atoms with van der Waals surface area (Å²) in [6.45, 7) is 3.03. The van der Waals surface area contributed by atoms with Crippen molar-refractivity contribution in [3.05, 3.63) is 124 Å². The highest BCUT2D eigenvalue weighted by molar-refractivity contribution is 9.10. The van der Waals surface area contributed by atoms with Gasteiger partial charge in [0.15, 0.2) is 0 Å². The molecule has 3 unspecified atom stereocenters. The Morgan fingerprint density at radius 2 is 1.61 bits per heavy atom. The summed E-state index contributed by atoms with van der Waals surface area (Å²) in [6.07, 6.45) is 0.0239. The lowest BCUT2D eigenvalue weighted by Gasteiger charge is -2.31. The molecule has 1 aliphatic rings. The summed E-state index contributed by atoms with van der Waals surface area (Å²) in [5.41, 5.74) is 4.32. The number of benzene rings is 5. The van der Waals surface area contributed by atoms with Crippen LogP contribution in [0.4, 0.5) is 0 Å². The number of halogens is 1. The minimum absolute atomic E-state index is 0.0239. The van der Waals surface area contributed by atoms with Crippen LogP contribution < -0.4 is 4.74 Å². The molecule has 6 rings (SSSR count). The molecule has 0 radical (unpaired) electrons. The Morgan fingerprint density at radius 3 is 2.39 bits per heavy atom. The molecule has 0 amide bonds. The van der Waals surface area contributed by atoms with E-state index in [2.05, 4.69) is 139 Å². The van der Waals surface area contributed by atoms with Crippen molar-refractivity contribution in [1.82, 2.24) is 4.90 Å². The second kappa shape index (κ2) is 9.85. The lowest BCUT2D eigenvalue weighted by molar-refractivity contribution is 0.262. The number of hydrogen-bond donors (Lipinski definition) is 0. The highest BCUT2D eigenvalue weighted by Gasteiger charge is 2.64. The van der Waals surface area contributed by atoms with Crippen LogP contribution >= 0.6 is 15.9 Å². The topological polar surface area (TPSA) is 25.0 Å². The minimum atomic E-state index is -0.551. The van der Waals surface area contributed by atoms with Crippen LogP contribution in [0.3, 0.4) is 0 Å². The van der Waals surface area contributed by atoms with Gasteiger partial charge in [0, 0.05) is 22.5 Å². The van der Waals surface area contributed by atoms with E-state index in [0.29, 0.717) is 0 Å². The van der Waals surface area contributed by atoms with Crippen LogP contribution in [-0.2, 0) is 10.3 Å². The maximum Gasteiger partial charge on any atom is 0.133 e. The average Bonchev–Trinajstić information content (AvgIpc) is 3.62. The van der Waals surface area contributed by atoms with E-state index >= 15 is 0 Å². The quantitative estimate of drug-likeness (QED) is 0.186. The first-order valence-electron chi connectivity index (χ1n) is 13.1. The fourth-order valence-corrected chi connectivity index (χ4v) is 6.51. The van der Waals surface area contributed by atoms with Gasteiger partial charge in [-0.3, -0.25) is 0 Å². The highest BCUT2D eigenvalue weighted by atomic mass is 79.9. The van der Waals surface area contributed by atoms with Crippen LogP contribution in [0.5, 0.6) is 5.75 Å². The Balaban J connectivity index is 1.69. The molecule has 0 saturated carbocycles. The van der Waals surface area contributed by atoms with Crippen LogP contribution in [0.25, 0.3) is 21.5 Å². The van der Waals surface area contributed by atoms with Crippen molar-refractivity contribution >= 4 is 37.5 Å². The zero-order chi connectivity index (χ0) is 26.4. The number of hydrogen-bond acceptors (Lipinski definition) is 3. The Labute approximate surface area is 233 Å². The van der Waals surface area contributed by atoms with Crippen LogP contribution in [0, 0.1) is 6.92 Å². The molecule has 0 spiro atoms. The summed E-state index contributed by atoms with van der Waals surface area (Å²) in [7, 11) is 6.01. The third-order valence-corrected chi connectivity index (χ3v) is 8.38. The third-order valence-electron chi connectivity index (χ3n) is 7.89. The third kappa shape index (κ3) is 4.21. The van der Waals surface area contributed by atoms with Gasteiger partial charge < -0.3 is 14.4 Å². The van der Waals surface area contributed by atoms with Gasteiger partial charge in [0.1, 0.15) is 17.5 Å². The van der Waals surface area contributed by atoms with Crippen molar-refractivity contribution in [3.63, 3.8) is 0 Å². The Bertz CT molecular complexity index is 1640. The predicted octanol–water partition coefficient (Wildman–Crippen LogP) is 8.06. The second-order valence-corrected chi connectivity index (χ2v) is 11.5. The average molecular weight is 567 g/mol. The Morgan fingerprint density at radius 1 is 0.842 bits per heavy atom. The fraction of sp³-hybridized carbons (Fsp3) is 0.235. The van der Waals surface area contributed by atoms with Crippen molar-refractivity contribution in [2.24, 2.45) is 0 Å². The summed E-state index contributed by atoms with van der Waals surface area (Å²) >= 11 is 3.68. The van der Waals surface area contributed by atoms with Crippen molar-refractivity contribution in [2.75, 3.05) is 27.7 Å². The maximum absolute atomic E-state index is 6.96. The van der Waals surface area contributed by atoms with E-state index in [4.69, 9.17) is 9.47 Å². The van der Waals surface area contributed by atoms with E-state index in [1.165, 1.54) is 32.8 Å². The number of likely N-dealkylation sites (N-methyl/N-ethyl adjacent to an activating group) is 1. The standard InChI is InChI=1S/C34H32BrNO2/c1-22-10-5-7-13-27(22)33(29-19-25-18-26(35)17-16-24(25)20-31(29)37-4)34(32(38-34)21-36(2)3)30-15-9-12-23-11-6-8-14-28(23)30/h5-20,32-33H,21H2,1-4H3. The maximum atomic E-state index is 6.96. The number of aryl methyl sites for hydroxylation is 1. The van der Waals surface area contributed by atoms with Gasteiger partial charge in [-0.15, -0.1) is 0 Å². The summed E-state index contributed by atoms with van der Waals surface area (Å²) in [4.78, 5) is 2.22. The molecule has 3 atom stereocenters. The molecule has 0 aromatic heterocycles. The molecule has 0 aliphatic carbocycles. The monoisotopic (exact) mass is 565 g/mol. The van der Waals surface area contributed by atoms with Gasteiger partial charge in [0.2, 0.25) is 0 Å². The number of fused-ring (bicyclic) bond motifs is 2. The molecule has 1 saturated heterocycles. The first-order chi connectivity index (χ1) is 18.4. The zero-order valence-electron chi connectivity index (χ0n) is 22.2. The molecule has 1 fully saturated rings. The predicted molar refractivity (Wildman–Crippen MR) is 160 cm³/mol. The zero-order valence-corrected chi connectivity index (χ0v) is 23.8. The molecule has 3 nitrogen and oxygen atoms in total. The van der Waals surface area contributed by atoms with Crippen molar-refractivity contribution < 1.29 is 9.47 Å². The number of methoxy groups -OCH3 is 1. The van der Waals surface area contributed by atoms with Gasteiger partial charge in [0.25, 0.3) is 0 Å². The first-order valence-corrected chi connectivity index (χ1v) is 13.8. The molecule has 5 aromatic rings. The molecule has 4 heteroatoms. The van der Waals surface area contributed by atoms with Crippen molar-refractivity contribution in [1.29, 1.82) is 0 Å². The Hall–Kier alpha value is -3.18. The van der Waals surface area contributed by atoms with Gasteiger partial charge in [-0.05, 0) is 83.5 Å². The molecule has 5 aromatic carbocycles. The number of nitrogens with zero attached hydrogens (tertiary/aromatic N) is 1. The van der Waals surface area contributed by atoms with E-state index < -0.39 is 5.60 Å². The van der Waals surface area contributed by atoms with Crippen molar-refractivity contribution in [2.45, 2.75) is 24.5 Å². The summed E-state index contributed by atoms with van der Waals surface area (Å²) in [5.74, 6) is 0.810. The summed E-state index contributed by atoms with van der Waals surface area (Å²) in [6, 6.07) is 34.8. The minimum Gasteiger partial charge on any atom is -0.496 e. The molecule has 0 bridgehead atoms. The van der Waals surface area contributed by atoms with E-state index in [-0.39, 0.29) is 12.0 Å². The van der Waals surface area contributed by atoms with E-state index in [1.54, 1.807) is 7.11 Å². The lowest BCUT2D eigenvalue weighted by atomic mass is 9.72. The number of epoxide rings is 1. The largest absolute Gasteiger partial charge is 0.496 e. The molecule has 38 heavy (non-hydrogen) atoms. The van der Waals surface area contributed by atoms with Crippen LogP contribution in [-0.4, -0.2) is 38.8 Å². The smallest absolute Gasteiger partial charge is 0.133 e. The second-order valence-electron chi connectivity index (χ2n) is 10.6. The van der Waals surface area contributed by atoms with E-state index in [9.17, 15) is 0 Å². The van der Waals surface area contributed by atoms with Gasteiger partial charge in [-0.1, -0.05) is 88.7 Å². The lowest BCUT2D eigenvalue weighted by Crippen LogP contribution is -2.30. The Kier molecular flexibility index (Phi) is 6.51. The van der Waals surface area contributed by atoms with Crippen LogP contribution in [0.2, 0.25) is 0 Å². The van der Waals surface area contributed by atoms with Crippen LogP contribution in [0.15, 0.2) is 102 Å². The summed E-state index contributed by atoms with van der Waals surface area (Å²) in [5, 5.41) is 4.78. The molecule has 1 aliphatic heterocycles. The molecular weight excluding hydrogens is 534 g/mol. The summed E-state index contributed by atoms with van der Waals surface area (Å²) < 4.78 is 14.1. The number of rotatable bonds is 7. The van der Waals surface area contributed by atoms with E-state index in [1.807, 2.05) is 0 Å². The number of ether oxygens (including phenoxy) is 2.